The third-order valence-electron chi connectivity index (χ3n) is 4.85. The van der Waals surface area contributed by atoms with Crippen molar-refractivity contribution in [3.8, 4) is 0 Å². The fraction of sp³-hybridized carbons (Fsp3) is 0.200. The van der Waals surface area contributed by atoms with Gasteiger partial charge in [-0.3, -0.25) is 9.67 Å². The summed E-state index contributed by atoms with van der Waals surface area (Å²) in [4.78, 5) is 13.6. The second kappa shape index (κ2) is 6.49. The lowest BCUT2D eigenvalue weighted by Crippen LogP contribution is -2.10. The molecule has 0 spiro atoms. The number of aryl methyl sites for hydroxylation is 1. The van der Waals surface area contributed by atoms with Crippen LogP contribution in [0.4, 0.5) is 0 Å². The summed E-state index contributed by atoms with van der Waals surface area (Å²) in [6.45, 7) is 2.08. The summed E-state index contributed by atoms with van der Waals surface area (Å²) in [5.74, 6) is 0. The number of aromatic nitrogens is 8. The van der Waals surface area contributed by atoms with E-state index in [1.54, 1.807) is 17.1 Å². The second-order valence-electron chi connectivity index (χ2n) is 6.83. The quantitative estimate of drug-likeness (QED) is 0.483. The topological polar surface area (TPSA) is 87.2 Å². The van der Waals surface area contributed by atoms with Crippen LogP contribution in [-0.4, -0.2) is 39.7 Å². The van der Waals surface area contributed by atoms with Crippen molar-refractivity contribution in [2.45, 2.75) is 19.4 Å². The molecule has 4 heterocycles. The molecule has 8 nitrogen and oxygen atoms in total. The summed E-state index contributed by atoms with van der Waals surface area (Å²) in [5.41, 5.74) is 5.09. The molecule has 4 aromatic heterocycles. The van der Waals surface area contributed by atoms with Gasteiger partial charge in [0.2, 0.25) is 5.65 Å². The van der Waals surface area contributed by atoms with Crippen molar-refractivity contribution in [1.82, 2.24) is 39.7 Å². The van der Waals surface area contributed by atoms with Gasteiger partial charge >= 0.3 is 0 Å². The van der Waals surface area contributed by atoms with E-state index in [9.17, 15) is 0 Å². The molecule has 0 aliphatic rings. The Morgan fingerprint density at radius 2 is 2.00 bits per heavy atom. The van der Waals surface area contributed by atoms with E-state index in [0.29, 0.717) is 17.7 Å². The predicted octanol–water partition coefficient (Wildman–Crippen LogP) is 2.70. The van der Waals surface area contributed by atoms with Crippen LogP contribution in [0.15, 0.2) is 55.0 Å². The van der Waals surface area contributed by atoms with E-state index in [1.807, 2.05) is 36.1 Å². The van der Waals surface area contributed by atoms with Crippen LogP contribution in [0.1, 0.15) is 29.9 Å². The lowest BCUT2D eigenvalue weighted by Gasteiger charge is -2.13. The molecule has 0 saturated heterocycles. The third kappa shape index (κ3) is 2.88. The Morgan fingerprint density at radius 1 is 1.07 bits per heavy atom. The Hall–Kier alpha value is -3.68. The number of hydrogen-bond acceptors (Lipinski definition) is 6. The molecular weight excluding hydrogens is 352 g/mol. The maximum atomic E-state index is 4.76. The first kappa shape index (κ1) is 16.5. The van der Waals surface area contributed by atoms with E-state index in [-0.39, 0.29) is 6.04 Å². The Labute approximate surface area is 160 Å². The van der Waals surface area contributed by atoms with Gasteiger partial charge in [-0.25, -0.2) is 14.6 Å². The molecule has 1 unspecified atom stereocenters. The molecule has 0 N–H and O–H groups in total. The summed E-state index contributed by atoms with van der Waals surface area (Å²) in [6.07, 6.45) is 6.08. The zero-order valence-electron chi connectivity index (χ0n) is 15.6. The van der Waals surface area contributed by atoms with Crippen LogP contribution in [0.25, 0.3) is 22.2 Å². The molecule has 8 heteroatoms. The zero-order chi connectivity index (χ0) is 19.1. The number of nitrogens with zero attached hydrogens (tertiary/aromatic N) is 8. The van der Waals surface area contributed by atoms with Gasteiger partial charge in [0.25, 0.3) is 0 Å². The molecule has 0 aliphatic carbocycles. The standard InChI is InChI=1S/C20H18N8/c1-13(14-5-6-18-15(10-14)4-3-8-21-18)28-20-19(24-26-28)22-12-17(23-20)11-16-7-9-27(2)25-16/h3-10,12-13H,11H2,1-2H3. The first-order valence-electron chi connectivity index (χ1n) is 9.07. The highest BCUT2D eigenvalue weighted by atomic mass is 15.5. The van der Waals surface area contributed by atoms with Crippen LogP contribution in [0, 0.1) is 0 Å². The number of hydrogen-bond donors (Lipinski definition) is 0. The van der Waals surface area contributed by atoms with Crippen molar-refractivity contribution >= 4 is 22.2 Å². The minimum absolute atomic E-state index is 0.0333. The van der Waals surface area contributed by atoms with Gasteiger partial charge in [-0.1, -0.05) is 17.3 Å². The maximum Gasteiger partial charge on any atom is 0.221 e. The molecule has 0 amide bonds. The van der Waals surface area contributed by atoms with Crippen LogP contribution in [0.2, 0.25) is 0 Å². The minimum atomic E-state index is -0.0333. The number of benzene rings is 1. The summed E-state index contributed by atoms with van der Waals surface area (Å²) >= 11 is 0. The Balaban J connectivity index is 1.52. The smallest absolute Gasteiger partial charge is 0.221 e. The molecule has 138 valence electrons. The van der Waals surface area contributed by atoms with Crippen molar-refractivity contribution in [3.05, 3.63) is 71.9 Å². The summed E-state index contributed by atoms with van der Waals surface area (Å²) in [7, 11) is 1.90. The molecule has 28 heavy (non-hydrogen) atoms. The van der Waals surface area contributed by atoms with E-state index in [1.165, 1.54) is 0 Å². The van der Waals surface area contributed by atoms with E-state index >= 15 is 0 Å². The van der Waals surface area contributed by atoms with E-state index in [2.05, 4.69) is 50.5 Å². The number of fused-ring (bicyclic) bond motifs is 2. The highest BCUT2D eigenvalue weighted by molar-refractivity contribution is 5.79. The Kier molecular flexibility index (Phi) is 3.82. The van der Waals surface area contributed by atoms with Gasteiger partial charge in [0.1, 0.15) is 0 Å². The van der Waals surface area contributed by atoms with Crippen LogP contribution in [-0.2, 0) is 13.5 Å². The number of pyridine rings is 1. The highest BCUT2D eigenvalue weighted by Gasteiger charge is 2.16. The van der Waals surface area contributed by atoms with Crippen molar-refractivity contribution in [1.29, 1.82) is 0 Å². The third-order valence-corrected chi connectivity index (χ3v) is 4.85. The summed E-state index contributed by atoms with van der Waals surface area (Å²) < 4.78 is 3.60. The van der Waals surface area contributed by atoms with Crippen LogP contribution in [0.3, 0.4) is 0 Å². The molecule has 0 radical (unpaired) electrons. The maximum absolute atomic E-state index is 4.76. The van der Waals surface area contributed by atoms with Crippen LogP contribution < -0.4 is 0 Å². The van der Waals surface area contributed by atoms with Crippen molar-refractivity contribution in [2.24, 2.45) is 7.05 Å². The van der Waals surface area contributed by atoms with Crippen molar-refractivity contribution in [3.63, 3.8) is 0 Å². The van der Waals surface area contributed by atoms with Gasteiger partial charge in [-0.2, -0.15) is 5.10 Å². The number of rotatable bonds is 4. The zero-order valence-corrected chi connectivity index (χ0v) is 15.6. The second-order valence-corrected chi connectivity index (χ2v) is 6.83. The minimum Gasteiger partial charge on any atom is -0.276 e. The fourth-order valence-corrected chi connectivity index (χ4v) is 3.35. The first-order chi connectivity index (χ1) is 13.7. The average Bonchev–Trinajstić information content (AvgIpc) is 3.32. The molecular formula is C20H18N8. The predicted molar refractivity (Wildman–Crippen MR) is 105 cm³/mol. The van der Waals surface area contributed by atoms with Crippen molar-refractivity contribution in [2.75, 3.05) is 0 Å². The van der Waals surface area contributed by atoms with Gasteiger partial charge in [-0.05, 0) is 36.8 Å². The van der Waals surface area contributed by atoms with Gasteiger partial charge in [0.15, 0.2) is 5.65 Å². The molecule has 1 aromatic carbocycles. The normalized spacial score (nSPS) is 12.6. The van der Waals surface area contributed by atoms with E-state index in [4.69, 9.17) is 4.98 Å². The lowest BCUT2D eigenvalue weighted by molar-refractivity contribution is 0.556. The average molecular weight is 370 g/mol. The largest absolute Gasteiger partial charge is 0.276 e. The van der Waals surface area contributed by atoms with Crippen molar-refractivity contribution < 1.29 is 0 Å². The molecule has 1 atom stereocenters. The van der Waals surface area contributed by atoms with Gasteiger partial charge in [0.05, 0.1) is 29.1 Å². The lowest BCUT2D eigenvalue weighted by atomic mass is 10.1. The fourth-order valence-electron chi connectivity index (χ4n) is 3.35. The SMILES string of the molecule is CC(c1ccc2ncccc2c1)n1nnc2ncc(Cc3ccn(C)n3)nc21. The van der Waals surface area contributed by atoms with E-state index in [0.717, 1.165) is 27.9 Å². The van der Waals surface area contributed by atoms with Crippen LogP contribution >= 0.6 is 0 Å². The summed E-state index contributed by atoms with van der Waals surface area (Å²) in [5, 5.41) is 14.0. The van der Waals surface area contributed by atoms with Gasteiger partial charge in [-0.15, -0.1) is 5.10 Å². The molecule has 0 saturated carbocycles. The molecule has 5 aromatic rings. The molecule has 0 fully saturated rings. The first-order valence-corrected chi connectivity index (χ1v) is 9.07. The van der Waals surface area contributed by atoms with Crippen LogP contribution in [0.5, 0.6) is 0 Å². The van der Waals surface area contributed by atoms with E-state index < -0.39 is 0 Å². The summed E-state index contributed by atoms with van der Waals surface area (Å²) in [6, 6.07) is 12.2. The highest BCUT2D eigenvalue weighted by Crippen LogP contribution is 2.23. The molecule has 5 rings (SSSR count). The molecule has 0 bridgehead atoms. The van der Waals surface area contributed by atoms with Gasteiger partial charge in [0, 0.05) is 31.2 Å². The van der Waals surface area contributed by atoms with Gasteiger partial charge < -0.3 is 0 Å². The monoisotopic (exact) mass is 370 g/mol. The molecule has 0 aliphatic heterocycles. The Morgan fingerprint density at radius 3 is 2.86 bits per heavy atom. The Bertz CT molecular complexity index is 1290.